The number of para-hydroxylation sites is 4. The van der Waals surface area contributed by atoms with E-state index in [9.17, 15) is 0 Å². The number of hydrogen-bond donors (Lipinski definition) is 0. The number of pyridine rings is 2. The van der Waals surface area contributed by atoms with Gasteiger partial charge in [0.25, 0.3) is 0 Å². The molecule has 1 aliphatic rings. The molecule has 0 amide bonds. The Kier molecular flexibility index (Phi) is 9.35. The van der Waals surface area contributed by atoms with E-state index in [2.05, 4.69) is 234 Å². The van der Waals surface area contributed by atoms with Gasteiger partial charge in [-0.3, -0.25) is 4.98 Å². The summed E-state index contributed by atoms with van der Waals surface area (Å²) in [5, 5.41) is 10.5. The zero-order chi connectivity index (χ0) is 43.3. The molecule has 0 aliphatic carbocycles. The van der Waals surface area contributed by atoms with Crippen LogP contribution >= 0.6 is 0 Å². The van der Waals surface area contributed by atoms with Gasteiger partial charge in [-0.2, -0.15) is 6.07 Å². The molecule has 4 aromatic heterocycles. The summed E-state index contributed by atoms with van der Waals surface area (Å²) < 4.78 is 4.74. The summed E-state index contributed by atoms with van der Waals surface area (Å²) in [5.41, 5.74) is 9.57. The quantitative estimate of drug-likeness (QED) is 0.0721. The Labute approximate surface area is 398 Å². The fourth-order valence-electron chi connectivity index (χ4n) is 11.1. The van der Waals surface area contributed by atoms with Gasteiger partial charge >= 0.3 is 21.1 Å². The zero-order valence-electron chi connectivity index (χ0n) is 36.3. The summed E-state index contributed by atoms with van der Waals surface area (Å²) in [7, 11) is -3.49. The molecular weight excluding hydrogens is 1000 g/mol. The summed E-state index contributed by atoms with van der Waals surface area (Å²) in [6, 6.07) is 79.3. The van der Waals surface area contributed by atoms with E-state index in [4.69, 9.17) is 9.97 Å². The van der Waals surface area contributed by atoms with Crippen LogP contribution in [-0.2, 0) is 26.5 Å². The maximum atomic E-state index is 5.09. The first kappa shape index (κ1) is 40.2. The van der Waals surface area contributed by atoms with Gasteiger partial charge in [-0.25, -0.2) is 4.98 Å². The van der Waals surface area contributed by atoms with Gasteiger partial charge in [0.2, 0.25) is 0 Å². The van der Waals surface area contributed by atoms with Crippen molar-refractivity contribution in [3.8, 4) is 5.69 Å². The van der Waals surface area contributed by atoms with Crippen LogP contribution < -0.4 is 25.6 Å². The second-order valence-electron chi connectivity index (χ2n) is 17.6. The molecule has 0 fully saturated rings. The largest absolute Gasteiger partial charge is 2.00 e. The molecule has 1 aliphatic heterocycles. The molecule has 316 valence electrons. The van der Waals surface area contributed by atoms with Crippen LogP contribution in [0.3, 0.4) is 0 Å². The molecule has 66 heavy (non-hydrogen) atoms. The molecule has 8 aromatic carbocycles. The molecule has 0 atom stereocenters. The van der Waals surface area contributed by atoms with Gasteiger partial charge in [-0.15, -0.1) is 39.5 Å². The van der Waals surface area contributed by atoms with E-state index >= 15 is 0 Å². The number of rotatable bonds is 6. The Morgan fingerprint density at radius 1 is 0.545 bits per heavy atom. The Balaban J connectivity index is 0.00000456. The van der Waals surface area contributed by atoms with E-state index in [1.807, 2.05) is 18.5 Å². The Morgan fingerprint density at radius 2 is 1.18 bits per heavy atom. The standard InChI is InChI=1S/C59H41N5Si.Pt/c1-59(2)48-28-14-17-31-51(48)64(54-32-18-19-35-60-54)52-39-53(57-55(56(52)59)46-27-13-16-30-50(46)63(57)40-20-6-3-7-21-40)65(41-22-8-4-9-23-41,42-24-10-5-11-25-42)43-33-34-44-45-26-12-15-29-49(45)62-37-36-61-58(62)47(44)38-43;/h3-37H,1-2H3;/q-2;+2. The maximum Gasteiger partial charge on any atom is 2.00 e. The third-order valence-corrected chi connectivity index (χ3v) is 18.5. The summed E-state index contributed by atoms with van der Waals surface area (Å²) in [6.07, 6.45) is 5.88. The van der Waals surface area contributed by atoms with E-state index in [-0.39, 0.29) is 21.1 Å². The molecule has 0 saturated heterocycles. The van der Waals surface area contributed by atoms with Crippen molar-refractivity contribution in [2.45, 2.75) is 19.3 Å². The molecule has 7 heteroatoms. The molecule has 0 saturated carbocycles. The SMILES string of the molecule is CC1(C)c2ccccc2N(c2ccccn2)c2[c-]c([Si](c3[c-]c4c(cc3)c3ccccc3n3ccnc43)(c3ccccc3)c3ccccc3)c3c(c21)c1ccccc1n3-c1ccccc1.[Pt+2]. The molecule has 0 bridgehead atoms. The Hall–Kier alpha value is -7.37. The molecule has 5 heterocycles. The molecule has 0 radical (unpaired) electrons. The van der Waals surface area contributed by atoms with E-state index in [0.717, 1.165) is 66.2 Å². The second kappa shape index (κ2) is 15.4. The van der Waals surface area contributed by atoms with E-state index in [1.54, 1.807) is 0 Å². The molecule has 5 nitrogen and oxygen atoms in total. The van der Waals surface area contributed by atoms with Crippen molar-refractivity contribution in [1.82, 2.24) is 18.9 Å². The van der Waals surface area contributed by atoms with Gasteiger partial charge in [-0.05, 0) is 74.6 Å². The van der Waals surface area contributed by atoms with Gasteiger partial charge in [0.05, 0.1) is 5.65 Å². The average molecular weight is 1040 g/mol. The minimum atomic E-state index is -3.49. The third kappa shape index (κ3) is 5.62. The molecular formula is C59H41N5PtSi. The van der Waals surface area contributed by atoms with Crippen molar-refractivity contribution in [2.75, 3.05) is 4.90 Å². The maximum absolute atomic E-state index is 5.09. The predicted octanol–water partition coefficient (Wildman–Crippen LogP) is 11.2. The molecule has 12 aromatic rings. The van der Waals surface area contributed by atoms with Crippen LogP contribution in [0.5, 0.6) is 0 Å². The third-order valence-electron chi connectivity index (χ3n) is 13.9. The van der Waals surface area contributed by atoms with Crippen molar-refractivity contribution in [2.24, 2.45) is 0 Å². The fourth-order valence-corrected chi connectivity index (χ4v) is 15.9. The summed E-state index contributed by atoms with van der Waals surface area (Å²) in [6.45, 7) is 4.77. The van der Waals surface area contributed by atoms with Crippen molar-refractivity contribution < 1.29 is 21.1 Å². The van der Waals surface area contributed by atoms with E-state index in [0.29, 0.717) is 0 Å². The monoisotopic (exact) mass is 1040 g/mol. The molecule has 13 rings (SSSR count). The number of anilines is 3. The first-order chi connectivity index (χ1) is 32.0. The van der Waals surface area contributed by atoms with Crippen molar-refractivity contribution in [1.29, 1.82) is 0 Å². The fraction of sp³-hybridized carbons (Fsp3) is 0.0508. The Morgan fingerprint density at radius 3 is 1.91 bits per heavy atom. The van der Waals surface area contributed by atoms with Crippen molar-refractivity contribution in [3.63, 3.8) is 0 Å². The molecule has 0 spiro atoms. The van der Waals surface area contributed by atoms with Crippen LogP contribution in [0.2, 0.25) is 0 Å². The van der Waals surface area contributed by atoms with E-state index < -0.39 is 13.5 Å². The number of fused-ring (bicyclic) bond motifs is 12. The average Bonchev–Trinajstić information content (AvgIpc) is 4.00. The number of imidazole rings is 1. The minimum absolute atomic E-state index is 0. The van der Waals surface area contributed by atoms with Gasteiger partial charge in [0, 0.05) is 41.0 Å². The minimum Gasteiger partial charge on any atom is -0.364 e. The first-order valence-corrected chi connectivity index (χ1v) is 24.3. The summed E-state index contributed by atoms with van der Waals surface area (Å²) in [4.78, 5) is 12.5. The van der Waals surface area contributed by atoms with Crippen LogP contribution in [0.15, 0.2) is 213 Å². The number of nitrogens with zero attached hydrogens (tertiary/aromatic N) is 5. The van der Waals surface area contributed by atoms with Crippen LogP contribution in [0.25, 0.3) is 54.8 Å². The second-order valence-corrected chi connectivity index (χ2v) is 21.3. The normalized spacial score (nSPS) is 13.3. The number of benzene rings is 8. The van der Waals surface area contributed by atoms with Crippen molar-refractivity contribution in [3.05, 3.63) is 236 Å². The summed E-state index contributed by atoms with van der Waals surface area (Å²) in [5.74, 6) is 0.850. The van der Waals surface area contributed by atoms with Crippen LogP contribution in [0.4, 0.5) is 17.2 Å². The van der Waals surface area contributed by atoms with Crippen LogP contribution in [0, 0.1) is 12.1 Å². The number of aromatic nitrogens is 4. The van der Waals surface area contributed by atoms with Gasteiger partial charge in [-0.1, -0.05) is 175 Å². The Bertz CT molecular complexity index is 3770. The molecule has 0 unspecified atom stereocenters. The van der Waals surface area contributed by atoms with Gasteiger partial charge < -0.3 is 13.9 Å². The molecule has 0 N–H and O–H groups in total. The van der Waals surface area contributed by atoms with E-state index in [1.165, 1.54) is 37.7 Å². The van der Waals surface area contributed by atoms with Gasteiger partial charge in [0.1, 0.15) is 13.9 Å². The topological polar surface area (TPSA) is 38.4 Å². The van der Waals surface area contributed by atoms with Crippen LogP contribution in [-0.4, -0.2) is 27.0 Å². The zero-order valence-corrected chi connectivity index (χ0v) is 39.5. The van der Waals surface area contributed by atoms with Gasteiger partial charge in [0.15, 0.2) is 0 Å². The van der Waals surface area contributed by atoms with Crippen LogP contribution in [0.1, 0.15) is 25.0 Å². The number of hydrogen-bond acceptors (Lipinski definition) is 3. The summed E-state index contributed by atoms with van der Waals surface area (Å²) >= 11 is 0. The van der Waals surface area contributed by atoms with Crippen molar-refractivity contribution >= 4 is 95.1 Å². The smallest absolute Gasteiger partial charge is 0.364 e. The first-order valence-electron chi connectivity index (χ1n) is 22.3. The predicted molar refractivity (Wildman–Crippen MR) is 270 cm³/mol.